The van der Waals surface area contributed by atoms with Crippen LogP contribution in [-0.4, -0.2) is 47.3 Å². The van der Waals surface area contributed by atoms with Gasteiger partial charge >= 0.3 is 5.97 Å². The molecule has 0 radical (unpaired) electrons. The molecule has 1 unspecified atom stereocenters. The number of benzene rings is 1. The third-order valence-corrected chi connectivity index (χ3v) is 5.21. The molecule has 0 spiro atoms. The number of carbonyl (C=O) groups excluding carboxylic acids is 1. The van der Waals surface area contributed by atoms with Gasteiger partial charge in [-0.3, -0.25) is 4.79 Å². The first kappa shape index (κ1) is 17.3. The minimum absolute atomic E-state index is 0.156. The molecule has 1 aliphatic heterocycles. The predicted octanol–water partition coefficient (Wildman–Crippen LogP) is 1.60. The molecule has 1 aliphatic rings. The van der Waals surface area contributed by atoms with Crippen LogP contribution in [0.25, 0.3) is 10.9 Å². The number of para-hydroxylation sites is 1. The van der Waals surface area contributed by atoms with E-state index in [1.165, 1.54) is 4.90 Å². The van der Waals surface area contributed by atoms with Crippen LogP contribution < -0.4 is 0 Å². The second kappa shape index (κ2) is 6.53. The molecular formula is C19H21N5O3. The lowest BCUT2D eigenvalue weighted by molar-refractivity contribution is -0.152. The van der Waals surface area contributed by atoms with E-state index in [4.69, 9.17) is 0 Å². The zero-order valence-electron chi connectivity index (χ0n) is 15.3. The molecule has 3 aromatic rings. The lowest BCUT2D eigenvalue weighted by atomic mass is 10.1. The van der Waals surface area contributed by atoms with Crippen LogP contribution in [0.1, 0.15) is 24.1 Å². The monoisotopic (exact) mass is 367 g/mol. The number of carbonyl (C=O) groups is 2. The fourth-order valence-electron chi connectivity index (χ4n) is 3.78. The summed E-state index contributed by atoms with van der Waals surface area (Å²) in [4.78, 5) is 26.2. The molecule has 1 atom stereocenters. The Kier molecular flexibility index (Phi) is 4.18. The van der Waals surface area contributed by atoms with Gasteiger partial charge in [0.15, 0.2) is 5.82 Å². The average Bonchev–Trinajstić information content (AvgIpc) is 3.21. The fraction of sp³-hybridized carbons (Fsp3) is 0.368. The van der Waals surface area contributed by atoms with Crippen LogP contribution in [0.4, 0.5) is 0 Å². The zero-order chi connectivity index (χ0) is 19.1. The van der Waals surface area contributed by atoms with E-state index in [0.29, 0.717) is 11.6 Å². The highest BCUT2D eigenvalue weighted by molar-refractivity contribution is 5.91. The Labute approximate surface area is 156 Å². The van der Waals surface area contributed by atoms with Crippen LogP contribution in [0.15, 0.2) is 30.5 Å². The maximum absolute atomic E-state index is 13.0. The molecule has 140 valence electrons. The van der Waals surface area contributed by atoms with E-state index in [1.807, 2.05) is 30.5 Å². The second-order valence-electron chi connectivity index (χ2n) is 6.78. The van der Waals surface area contributed by atoms with Crippen molar-refractivity contribution >= 4 is 22.8 Å². The van der Waals surface area contributed by atoms with E-state index in [0.717, 1.165) is 23.0 Å². The Bertz CT molecular complexity index is 1040. The maximum Gasteiger partial charge on any atom is 0.328 e. The van der Waals surface area contributed by atoms with Crippen LogP contribution >= 0.6 is 0 Å². The number of aryl methyl sites for hydroxylation is 2. The number of fused-ring (bicyclic) bond motifs is 2. The first-order chi connectivity index (χ1) is 13.0. The van der Waals surface area contributed by atoms with E-state index in [9.17, 15) is 14.7 Å². The fourth-order valence-corrected chi connectivity index (χ4v) is 3.78. The number of hydrogen-bond acceptors (Lipinski definition) is 4. The minimum Gasteiger partial charge on any atom is -0.480 e. The van der Waals surface area contributed by atoms with Gasteiger partial charge in [0.05, 0.1) is 19.5 Å². The van der Waals surface area contributed by atoms with Crippen LogP contribution in [0, 0.1) is 6.92 Å². The summed E-state index contributed by atoms with van der Waals surface area (Å²) in [5.41, 5.74) is 1.98. The summed E-state index contributed by atoms with van der Waals surface area (Å²) in [6.45, 7) is 4.97. The van der Waals surface area contributed by atoms with Gasteiger partial charge in [-0.15, -0.1) is 10.2 Å². The standard InChI is InChI=1S/C19H21N5O3/c1-3-22-9-13(14-6-4-5-7-15(14)22)8-18(25)24-11-17-21-20-12(2)23(17)10-16(24)19(26)27/h4-7,9,16H,3,8,10-11H2,1-2H3,(H,26,27). The smallest absolute Gasteiger partial charge is 0.328 e. The minimum atomic E-state index is -1.02. The first-order valence-electron chi connectivity index (χ1n) is 8.97. The summed E-state index contributed by atoms with van der Waals surface area (Å²) in [5.74, 6) is 0.0510. The third kappa shape index (κ3) is 2.87. The quantitative estimate of drug-likeness (QED) is 0.756. The second-order valence-corrected chi connectivity index (χ2v) is 6.78. The molecule has 8 nitrogen and oxygen atoms in total. The zero-order valence-corrected chi connectivity index (χ0v) is 15.3. The van der Waals surface area contributed by atoms with Crippen molar-refractivity contribution in [2.45, 2.75) is 45.9 Å². The molecular weight excluding hydrogens is 346 g/mol. The van der Waals surface area contributed by atoms with E-state index >= 15 is 0 Å². The van der Waals surface area contributed by atoms with Crippen LogP contribution in [0.3, 0.4) is 0 Å². The molecule has 0 aliphatic carbocycles. The van der Waals surface area contributed by atoms with Crippen molar-refractivity contribution in [2.75, 3.05) is 0 Å². The summed E-state index contributed by atoms with van der Waals surface area (Å²) in [6, 6.07) is 7.02. The van der Waals surface area contributed by atoms with E-state index in [-0.39, 0.29) is 25.4 Å². The van der Waals surface area contributed by atoms with Crippen molar-refractivity contribution in [2.24, 2.45) is 0 Å². The number of carboxylic acid groups (broad SMARTS) is 1. The Morgan fingerprint density at radius 1 is 1.26 bits per heavy atom. The molecule has 0 fully saturated rings. The van der Waals surface area contributed by atoms with Crippen molar-refractivity contribution in [1.29, 1.82) is 0 Å². The van der Waals surface area contributed by atoms with Gasteiger partial charge in [0.2, 0.25) is 5.91 Å². The van der Waals surface area contributed by atoms with Gasteiger partial charge < -0.3 is 19.1 Å². The molecule has 4 rings (SSSR count). The highest BCUT2D eigenvalue weighted by Crippen LogP contribution is 2.24. The summed E-state index contributed by atoms with van der Waals surface area (Å²) < 4.78 is 3.87. The molecule has 0 saturated heterocycles. The number of aliphatic carboxylic acids is 1. The number of aromatic nitrogens is 4. The molecule has 0 bridgehead atoms. The van der Waals surface area contributed by atoms with Crippen LogP contribution in [0.2, 0.25) is 0 Å². The molecule has 1 aromatic carbocycles. The summed E-state index contributed by atoms with van der Waals surface area (Å²) in [7, 11) is 0. The van der Waals surface area contributed by atoms with Gasteiger partial charge in [0, 0.05) is 23.6 Å². The molecule has 1 N–H and O–H groups in total. The summed E-state index contributed by atoms with van der Waals surface area (Å²) in [5, 5.41) is 18.7. The van der Waals surface area contributed by atoms with E-state index in [2.05, 4.69) is 21.7 Å². The van der Waals surface area contributed by atoms with Crippen molar-refractivity contribution in [1.82, 2.24) is 24.2 Å². The predicted molar refractivity (Wildman–Crippen MR) is 98.0 cm³/mol. The van der Waals surface area contributed by atoms with Gasteiger partial charge in [0.1, 0.15) is 11.9 Å². The first-order valence-corrected chi connectivity index (χ1v) is 8.97. The Morgan fingerprint density at radius 2 is 2.04 bits per heavy atom. The lowest BCUT2D eigenvalue weighted by Gasteiger charge is -2.33. The van der Waals surface area contributed by atoms with Gasteiger partial charge in [-0.1, -0.05) is 18.2 Å². The van der Waals surface area contributed by atoms with Crippen molar-refractivity contribution in [3.63, 3.8) is 0 Å². The third-order valence-electron chi connectivity index (χ3n) is 5.21. The number of rotatable bonds is 4. The highest BCUT2D eigenvalue weighted by Gasteiger charge is 2.36. The number of carboxylic acids is 1. The highest BCUT2D eigenvalue weighted by atomic mass is 16.4. The average molecular weight is 367 g/mol. The van der Waals surface area contributed by atoms with Gasteiger partial charge in [0.25, 0.3) is 0 Å². The lowest BCUT2D eigenvalue weighted by Crippen LogP contribution is -2.51. The number of amides is 1. The van der Waals surface area contributed by atoms with Crippen molar-refractivity contribution < 1.29 is 14.7 Å². The summed E-state index contributed by atoms with van der Waals surface area (Å²) in [6.07, 6.45) is 2.14. The summed E-state index contributed by atoms with van der Waals surface area (Å²) >= 11 is 0. The maximum atomic E-state index is 13.0. The SMILES string of the molecule is CCn1cc(CC(=O)N2Cc3nnc(C)n3CC2C(=O)O)c2ccccc21. The van der Waals surface area contributed by atoms with Gasteiger partial charge in [-0.25, -0.2) is 4.79 Å². The van der Waals surface area contributed by atoms with Crippen LogP contribution in [0.5, 0.6) is 0 Å². The molecule has 2 aromatic heterocycles. The topological polar surface area (TPSA) is 93.3 Å². The normalized spacial score (nSPS) is 16.5. The van der Waals surface area contributed by atoms with Crippen molar-refractivity contribution in [3.8, 4) is 0 Å². The largest absolute Gasteiger partial charge is 0.480 e. The van der Waals surface area contributed by atoms with E-state index in [1.54, 1.807) is 11.5 Å². The Hall–Kier alpha value is -3.16. The number of hydrogen-bond donors (Lipinski definition) is 1. The van der Waals surface area contributed by atoms with Gasteiger partial charge in [-0.2, -0.15) is 0 Å². The van der Waals surface area contributed by atoms with Gasteiger partial charge in [-0.05, 0) is 25.5 Å². The van der Waals surface area contributed by atoms with E-state index < -0.39 is 12.0 Å². The Balaban J connectivity index is 1.65. The molecule has 1 amide bonds. The van der Waals surface area contributed by atoms with Crippen LogP contribution in [-0.2, 0) is 35.6 Å². The molecule has 8 heteroatoms. The number of nitrogens with zero attached hydrogens (tertiary/aromatic N) is 5. The molecule has 3 heterocycles. The Morgan fingerprint density at radius 3 is 2.78 bits per heavy atom. The molecule has 27 heavy (non-hydrogen) atoms. The molecule has 0 saturated carbocycles. The van der Waals surface area contributed by atoms with Crippen molar-refractivity contribution in [3.05, 3.63) is 47.7 Å².